The molecular weight excluding hydrogens is 195 g/mol. The summed E-state index contributed by atoms with van der Waals surface area (Å²) in [7, 11) is 0. The highest BCUT2D eigenvalue weighted by atomic mass is 35.5. The zero-order valence-electron chi connectivity index (χ0n) is 5.51. The number of halogens is 2. The second-order valence-electron chi connectivity index (χ2n) is 1.53. The van der Waals surface area contributed by atoms with Crippen LogP contribution in [0, 0.1) is 0 Å². The highest BCUT2D eigenvalue weighted by Crippen LogP contribution is 1.92. The van der Waals surface area contributed by atoms with E-state index in [1.54, 1.807) is 0 Å². The van der Waals surface area contributed by atoms with Crippen LogP contribution in [0.1, 0.15) is 6.42 Å². The Hall–Kier alpha value is -0.480. The van der Waals surface area contributed by atoms with Crippen molar-refractivity contribution in [2.75, 3.05) is 13.2 Å². The van der Waals surface area contributed by atoms with E-state index in [0.29, 0.717) is 6.42 Å². The first-order chi connectivity index (χ1) is 5.13. The van der Waals surface area contributed by atoms with Gasteiger partial charge in [0.25, 0.3) is 0 Å². The van der Waals surface area contributed by atoms with Gasteiger partial charge in [-0.2, -0.15) is 0 Å². The molecule has 0 aliphatic carbocycles. The summed E-state index contributed by atoms with van der Waals surface area (Å²) in [5, 5.41) is 0. The maximum absolute atomic E-state index is 9.95. The quantitative estimate of drug-likeness (QED) is 0.516. The molecule has 6 heteroatoms. The maximum atomic E-state index is 9.95. The van der Waals surface area contributed by atoms with Crippen molar-refractivity contribution in [2.45, 2.75) is 6.42 Å². The molecule has 0 spiro atoms. The van der Waals surface area contributed by atoms with E-state index in [4.69, 9.17) is 23.2 Å². The Morgan fingerprint density at radius 3 is 1.64 bits per heavy atom. The fourth-order valence-electron chi connectivity index (χ4n) is 0.364. The molecule has 11 heavy (non-hydrogen) atoms. The third kappa shape index (κ3) is 9.52. The molecule has 64 valence electrons. The van der Waals surface area contributed by atoms with Gasteiger partial charge in [0.1, 0.15) is 0 Å². The molecule has 0 aromatic carbocycles. The molecule has 0 atom stereocenters. The lowest BCUT2D eigenvalue weighted by molar-refractivity contribution is 0.144. The van der Waals surface area contributed by atoms with E-state index in [2.05, 4.69) is 9.47 Å². The minimum Gasteiger partial charge on any atom is -0.454 e. The molecular formula is C5H6Cl2O4. The SMILES string of the molecule is O=C(Cl)OCCCOC(=O)Cl. The van der Waals surface area contributed by atoms with Crippen LogP contribution in [0.2, 0.25) is 0 Å². The lowest BCUT2D eigenvalue weighted by Gasteiger charge is -1.99. The summed E-state index contributed by atoms with van der Waals surface area (Å²) in [6, 6.07) is 0. The Morgan fingerprint density at radius 2 is 1.36 bits per heavy atom. The summed E-state index contributed by atoms with van der Waals surface area (Å²) in [5.74, 6) is 0. The Labute approximate surface area is 73.4 Å². The first-order valence-corrected chi connectivity index (χ1v) is 3.53. The molecule has 4 nitrogen and oxygen atoms in total. The van der Waals surface area contributed by atoms with Crippen LogP contribution in [-0.2, 0) is 9.47 Å². The van der Waals surface area contributed by atoms with Crippen LogP contribution in [0.3, 0.4) is 0 Å². The third-order valence-corrected chi connectivity index (χ3v) is 0.938. The lowest BCUT2D eigenvalue weighted by Crippen LogP contribution is -2.02. The fourth-order valence-corrected chi connectivity index (χ4v) is 0.518. The van der Waals surface area contributed by atoms with Crippen molar-refractivity contribution >= 4 is 34.1 Å². The van der Waals surface area contributed by atoms with Crippen molar-refractivity contribution in [3.05, 3.63) is 0 Å². The van der Waals surface area contributed by atoms with Crippen LogP contribution < -0.4 is 0 Å². The van der Waals surface area contributed by atoms with Crippen LogP contribution in [0.5, 0.6) is 0 Å². The van der Waals surface area contributed by atoms with Gasteiger partial charge in [-0.05, 0) is 0 Å². The molecule has 0 aromatic heterocycles. The van der Waals surface area contributed by atoms with Crippen molar-refractivity contribution in [1.82, 2.24) is 0 Å². The second kappa shape index (κ2) is 6.24. The van der Waals surface area contributed by atoms with E-state index >= 15 is 0 Å². The highest BCUT2D eigenvalue weighted by Gasteiger charge is 1.97. The largest absolute Gasteiger partial charge is 0.454 e. The zero-order valence-corrected chi connectivity index (χ0v) is 7.02. The second-order valence-corrected chi connectivity index (χ2v) is 2.14. The summed E-state index contributed by atoms with van der Waals surface area (Å²) in [5.41, 5.74) is -1.75. The van der Waals surface area contributed by atoms with Gasteiger partial charge in [-0.1, -0.05) is 0 Å². The standard InChI is InChI=1S/C5H6Cl2O4/c6-4(8)10-2-1-3-11-5(7)9/h1-3H2. The summed E-state index contributed by atoms with van der Waals surface area (Å²) in [6.07, 6.45) is 0.386. The van der Waals surface area contributed by atoms with Gasteiger partial charge in [-0.3, -0.25) is 0 Å². The predicted molar refractivity (Wildman–Crippen MR) is 39.0 cm³/mol. The van der Waals surface area contributed by atoms with Crippen LogP contribution in [0.25, 0.3) is 0 Å². The van der Waals surface area contributed by atoms with Crippen LogP contribution in [-0.4, -0.2) is 24.1 Å². The zero-order chi connectivity index (χ0) is 8.69. The average molecular weight is 201 g/mol. The average Bonchev–Trinajstić information content (AvgIpc) is 1.85. The molecule has 0 bridgehead atoms. The normalized spacial score (nSPS) is 8.91. The molecule has 0 aliphatic heterocycles. The predicted octanol–water partition coefficient (Wildman–Crippen LogP) is 2.13. The minimum atomic E-state index is -0.873. The molecule has 0 rings (SSSR count). The van der Waals surface area contributed by atoms with Crippen LogP contribution in [0.4, 0.5) is 9.59 Å². The monoisotopic (exact) mass is 200 g/mol. The molecule has 0 unspecified atom stereocenters. The molecule has 0 N–H and O–H groups in total. The van der Waals surface area contributed by atoms with Crippen molar-refractivity contribution < 1.29 is 19.1 Å². The Kier molecular flexibility index (Phi) is 5.97. The van der Waals surface area contributed by atoms with E-state index < -0.39 is 10.9 Å². The van der Waals surface area contributed by atoms with E-state index in [0.717, 1.165) is 0 Å². The van der Waals surface area contributed by atoms with Crippen molar-refractivity contribution in [3.63, 3.8) is 0 Å². The number of rotatable bonds is 4. The Morgan fingerprint density at radius 1 is 1.00 bits per heavy atom. The van der Waals surface area contributed by atoms with E-state index in [-0.39, 0.29) is 13.2 Å². The summed E-state index contributed by atoms with van der Waals surface area (Å²) >= 11 is 9.65. The molecule has 0 radical (unpaired) electrons. The Balaban J connectivity index is 3.03. The van der Waals surface area contributed by atoms with Crippen molar-refractivity contribution in [2.24, 2.45) is 0 Å². The van der Waals surface area contributed by atoms with Crippen molar-refractivity contribution in [1.29, 1.82) is 0 Å². The number of hydrogen-bond donors (Lipinski definition) is 0. The lowest BCUT2D eigenvalue weighted by atomic mass is 10.5. The van der Waals surface area contributed by atoms with Gasteiger partial charge in [-0.15, -0.1) is 0 Å². The third-order valence-electron chi connectivity index (χ3n) is 0.720. The maximum Gasteiger partial charge on any atom is 0.403 e. The summed E-state index contributed by atoms with van der Waals surface area (Å²) in [6.45, 7) is 0.235. The van der Waals surface area contributed by atoms with E-state index in [1.807, 2.05) is 0 Å². The minimum absolute atomic E-state index is 0.118. The fraction of sp³-hybridized carbons (Fsp3) is 0.600. The van der Waals surface area contributed by atoms with E-state index in [9.17, 15) is 9.59 Å². The number of ether oxygens (including phenoxy) is 2. The van der Waals surface area contributed by atoms with Gasteiger partial charge in [0.05, 0.1) is 13.2 Å². The Bertz CT molecular complexity index is 131. The molecule has 0 aromatic rings. The molecule has 0 heterocycles. The van der Waals surface area contributed by atoms with Crippen LogP contribution in [0.15, 0.2) is 0 Å². The van der Waals surface area contributed by atoms with Gasteiger partial charge in [0.2, 0.25) is 0 Å². The summed E-state index contributed by atoms with van der Waals surface area (Å²) < 4.78 is 8.63. The molecule has 0 saturated heterocycles. The van der Waals surface area contributed by atoms with Crippen LogP contribution >= 0.6 is 23.2 Å². The van der Waals surface area contributed by atoms with Gasteiger partial charge < -0.3 is 9.47 Å². The number of carbonyl (C=O) groups excluding carboxylic acids is 2. The topological polar surface area (TPSA) is 52.6 Å². The summed E-state index contributed by atoms with van der Waals surface area (Å²) in [4.78, 5) is 19.9. The molecule has 0 amide bonds. The highest BCUT2D eigenvalue weighted by molar-refractivity contribution is 6.61. The molecule has 0 aliphatic rings. The smallest absolute Gasteiger partial charge is 0.403 e. The first kappa shape index (κ1) is 10.5. The van der Waals surface area contributed by atoms with Crippen molar-refractivity contribution in [3.8, 4) is 0 Å². The van der Waals surface area contributed by atoms with Gasteiger partial charge in [0, 0.05) is 29.6 Å². The first-order valence-electron chi connectivity index (χ1n) is 2.77. The molecule has 0 saturated carbocycles. The number of hydrogen-bond acceptors (Lipinski definition) is 4. The number of carbonyl (C=O) groups is 2. The van der Waals surface area contributed by atoms with Gasteiger partial charge in [-0.25, -0.2) is 9.59 Å². The van der Waals surface area contributed by atoms with Gasteiger partial charge >= 0.3 is 10.9 Å². The van der Waals surface area contributed by atoms with E-state index in [1.165, 1.54) is 0 Å². The van der Waals surface area contributed by atoms with Gasteiger partial charge in [0.15, 0.2) is 0 Å². The molecule has 0 fully saturated rings.